The Morgan fingerprint density at radius 1 is 1.23 bits per heavy atom. The van der Waals surface area contributed by atoms with Crippen molar-refractivity contribution in [1.82, 2.24) is 14.9 Å². The molecule has 7 nitrogen and oxygen atoms in total. The van der Waals surface area contributed by atoms with Crippen molar-refractivity contribution in [1.29, 1.82) is 0 Å². The predicted octanol–water partition coefficient (Wildman–Crippen LogP) is 1.47. The third kappa shape index (κ3) is 3.70. The van der Waals surface area contributed by atoms with Crippen LogP contribution in [0.5, 0.6) is 0 Å². The van der Waals surface area contributed by atoms with Crippen LogP contribution in [0, 0.1) is 0 Å². The van der Waals surface area contributed by atoms with E-state index >= 15 is 0 Å². The zero-order valence-electron chi connectivity index (χ0n) is 14.3. The molecule has 0 saturated carbocycles. The highest BCUT2D eigenvalue weighted by molar-refractivity contribution is 7.99. The molecule has 2 aromatic carbocycles. The standard InChI is InChI=1S/C18H17N3O4S/c1-21-17(24)13-7-11-5-3-4-6-12(11)8-14(13)20-18(21)26-10-15(22)19-9-16(23)25-2/h3-8H,9-10H2,1-2H3,(H,19,22). The second kappa shape index (κ2) is 7.57. The molecule has 0 radical (unpaired) electrons. The number of benzene rings is 2. The maximum absolute atomic E-state index is 12.6. The number of hydrogen-bond donors (Lipinski definition) is 1. The molecule has 134 valence electrons. The van der Waals surface area contributed by atoms with E-state index in [2.05, 4.69) is 15.0 Å². The minimum Gasteiger partial charge on any atom is -0.468 e. The molecule has 1 aromatic heterocycles. The van der Waals surface area contributed by atoms with Gasteiger partial charge in [0.1, 0.15) is 6.54 Å². The lowest BCUT2D eigenvalue weighted by molar-refractivity contribution is -0.140. The van der Waals surface area contributed by atoms with E-state index in [4.69, 9.17) is 0 Å². The minimum atomic E-state index is -0.522. The predicted molar refractivity (Wildman–Crippen MR) is 100 cm³/mol. The normalized spacial score (nSPS) is 10.8. The molecule has 3 rings (SSSR count). The van der Waals surface area contributed by atoms with Crippen LogP contribution < -0.4 is 10.9 Å². The van der Waals surface area contributed by atoms with E-state index in [1.165, 1.54) is 11.7 Å². The van der Waals surface area contributed by atoms with Gasteiger partial charge in [-0.1, -0.05) is 36.0 Å². The van der Waals surface area contributed by atoms with Crippen LogP contribution in [0.3, 0.4) is 0 Å². The van der Waals surface area contributed by atoms with Crippen LogP contribution in [0.1, 0.15) is 0 Å². The average Bonchev–Trinajstić information content (AvgIpc) is 2.66. The van der Waals surface area contributed by atoms with Crippen molar-refractivity contribution < 1.29 is 14.3 Å². The van der Waals surface area contributed by atoms with Crippen LogP contribution in [0.4, 0.5) is 0 Å². The first-order valence-corrected chi connectivity index (χ1v) is 8.84. The number of hydrogen-bond acceptors (Lipinski definition) is 6. The van der Waals surface area contributed by atoms with Crippen LogP contribution in [0.2, 0.25) is 0 Å². The lowest BCUT2D eigenvalue weighted by Crippen LogP contribution is -2.31. The van der Waals surface area contributed by atoms with Gasteiger partial charge in [0, 0.05) is 7.05 Å². The highest BCUT2D eigenvalue weighted by Gasteiger charge is 2.12. The smallest absolute Gasteiger partial charge is 0.325 e. The van der Waals surface area contributed by atoms with Crippen molar-refractivity contribution in [2.45, 2.75) is 5.16 Å². The summed E-state index contributed by atoms with van der Waals surface area (Å²) < 4.78 is 5.89. The number of nitrogens with one attached hydrogen (secondary N) is 1. The van der Waals surface area contributed by atoms with Gasteiger partial charge >= 0.3 is 5.97 Å². The third-order valence-electron chi connectivity index (χ3n) is 3.89. The Balaban J connectivity index is 1.86. The summed E-state index contributed by atoms with van der Waals surface area (Å²) in [4.78, 5) is 40.0. The first-order valence-electron chi connectivity index (χ1n) is 7.85. The molecule has 0 aliphatic heterocycles. The number of thioether (sulfide) groups is 1. The van der Waals surface area contributed by atoms with E-state index in [0.29, 0.717) is 16.1 Å². The Bertz CT molecular complexity index is 1060. The number of esters is 1. The molecule has 1 heterocycles. The van der Waals surface area contributed by atoms with Gasteiger partial charge < -0.3 is 10.1 Å². The van der Waals surface area contributed by atoms with E-state index < -0.39 is 5.97 Å². The fraction of sp³-hybridized carbons (Fsp3) is 0.222. The number of carbonyl (C=O) groups excluding carboxylic acids is 2. The molecule has 0 fully saturated rings. The largest absolute Gasteiger partial charge is 0.468 e. The quantitative estimate of drug-likeness (QED) is 0.316. The van der Waals surface area contributed by atoms with Gasteiger partial charge in [0.15, 0.2) is 5.16 Å². The van der Waals surface area contributed by atoms with Crippen molar-refractivity contribution in [3.63, 3.8) is 0 Å². The lowest BCUT2D eigenvalue weighted by atomic mass is 10.1. The summed E-state index contributed by atoms with van der Waals surface area (Å²) in [5.74, 6) is -0.823. The van der Waals surface area contributed by atoms with Crippen molar-refractivity contribution in [2.75, 3.05) is 19.4 Å². The molecule has 0 spiro atoms. The van der Waals surface area contributed by atoms with Gasteiger partial charge in [-0.05, 0) is 22.9 Å². The Morgan fingerprint density at radius 2 is 1.92 bits per heavy atom. The van der Waals surface area contributed by atoms with Crippen molar-refractivity contribution in [3.8, 4) is 0 Å². The number of rotatable bonds is 5. The van der Waals surface area contributed by atoms with Crippen LogP contribution in [0.25, 0.3) is 21.7 Å². The summed E-state index contributed by atoms with van der Waals surface area (Å²) in [6, 6.07) is 11.5. The Morgan fingerprint density at radius 3 is 2.62 bits per heavy atom. The van der Waals surface area contributed by atoms with E-state index in [1.807, 2.05) is 36.4 Å². The van der Waals surface area contributed by atoms with Crippen LogP contribution in [0.15, 0.2) is 46.3 Å². The van der Waals surface area contributed by atoms with Crippen LogP contribution >= 0.6 is 11.8 Å². The van der Waals surface area contributed by atoms with Crippen molar-refractivity contribution >= 4 is 45.3 Å². The van der Waals surface area contributed by atoms with E-state index in [9.17, 15) is 14.4 Å². The van der Waals surface area contributed by atoms with Gasteiger partial charge in [0.2, 0.25) is 5.91 Å². The van der Waals surface area contributed by atoms with E-state index in [-0.39, 0.29) is 23.8 Å². The SMILES string of the molecule is COC(=O)CNC(=O)CSc1nc2cc3ccccc3cc2c(=O)n1C. The Labute approximate surface area is 153 Å². The van der Waals surface area contributed by atoms with Gasteiger partial charge in [0.25, 0.3) is 5.56 Å². The zero-order valence-corrected chi connectivity index (χ0v) is 15.1. The van der Waals surface area contributed by atoms with Crippen LogP contribution in [-0.2, 0) is 21.4 Å². The highest BCUT2D eigenvalue weighted by Crippen LogP contribution is 2.22. The summed E-state index contributed by atoms with van der Waals surface area (Å²) in [6.45, 7) is -0.189. The molecular weight excluding hydrogens is 354 g/mol. The summed E-state index contributed by atoms with van der Waals surface area (Å²) in [7, 11) is 2.88. The maximum atomic E-state index is 12.6. The van der Waals surface area contributed by atoms with Crippen molar-refractivity contribution in [3.05, 3.63) is 46.8 Å². The molecule has 0 aliphatic rings. The average molecular weight is 371 g/mol. The van der Waals surface area contributed by atoms with Crippen molar-refractivity contribution in [2.24, 2.45) is 7.05 Å². The minimum absolute atomic E-state index is 0.0381. The summed E-state index contributed by atoms with van der Waals surface area (Å²) in [6.07, 6.45) is 0. The van der Waals surface area contributed by atoms with Gasteiger partial charge in [0.05, 0.1) is 23.8 Å². The lowest BCUT2D eigenvalue weighted by Gasteiger charge is -2.09. The van der Waals surface area contributed by atoms with Gasteiger partial charge in [-0.25, -0.2) is 4.98 Å². The Kier molecular flexibility index (Phi) is 5.22. The number of nitrogens with zero attached hydrogens (tertiary/aromatic N) is 2. The topological polar surface area (TPSA) is 90.3 Å². The molecular formula is C18H17N3O4S. The number of amides is 1. The van der Waals surface area contributed by atoms with Gasteiger partial charge in [-0.15, -0.1) is 0 Å². The molecule has 0 aliphatic carbocycles. The summed E-state index contributed by atoms with van der Waals surface area (Å²) in [5, 5.41) is 5.39. The number of fused-ring (bicyclic) bond motifs is 2. The number of ether oxygens (including phenoxy) is 1. The van der Waals surface area contributed by atoms with Crippen LogP contribution in [-0.4, -0.2) is 40.8 Å². The molecule has 1 amide bonds. The van der Waals surface area contributed by atoms with Gasteiger partial charge in [-0.2, -0.15) is 0 Å². The number of carbonyl (C=O) groups is 2. The summed E-state index contributed by atoms with van der Waals surface area (Å²) in [5.41, 5.74) is 0.419. The number of aromatic nitrogens is 2. The zero-order chi connectivity index (χ0) is 18.7. The first kappa shape index (κ1) is 17.9. The molecule has 8 heteroatoms. The fourth-order valence-electron chi connectivity index (χ4n) is 2.49. The van der Waals surface area contributed by atoms with E-state index in [1.54, 1.807) is 7.05 Å². The molecule has 1 N–H and O–H groups in total. The molecule has 3 aromatic rings. The molecule has 0 unspecified atom stereocenters. The maximum Gasteiger partial charge on any atom is 0.325 e. The molecule has 26 heavy (non-hydrogen) atoms. The third-order valence-corrected chi connectivity index (χ3v) is 4.92. The second-order valence-corrected chi connectivity index (χ2v) is 6.56. The molecule has 0 atom stereocenters. The molecule has 0 saturated heterocycles. The molecule has 0 bridgehead atoms. The summed E-state index contributed by atoms with van der Waals surface area (Å²) >= 11 is 1.14. The Hall–Kier alpha value is -2.87. The number of methoxy groups -OCH3 is 1. The van der Waals surface area contributed by atoms with Gasteiger partial charge in [-0.3, -0.25) is 19.0 Å². The fourth-order valence-corrected chi connectivity index (χ4v) is 3.29. The second-order valence-electron chi connectivity index (χ2n) is 5.62. The monoisotopic (exact) mass is 371 g/mol. The first-order chi connectivity index (χ1) is 12.5. The van der Waals surface area contributed by atoms with E-state index in [0.717, 1.165) is 22.5 Å². The highest BCUT2D eigenvalue weighted by atomic mass is 32.2.